The van der Waals surface area contributed by atoms with Crippen molar-refractivity contribution in [2.45, 2.75) is 44.9 Å². The van der Waals surface area contributed by atoms with Gasteiger partial charge in [0.05, 0.1) is 0 Å². The fourth-order valence-electron chi connectivity index (χ4n) is 2.15. The van der Waals surface area contributed by atoms with E-state index in [0.717, 1.165) is 5.92 Å². The summed E-state index contributed by atoms with van der Waals surface area (Å²) in [4.78, 5) is 0. The molecule has 0 aromatic rings. The van der Waals surface area contributed by atoms with Crippen molar-refractivity contribution >= 4 is 39.2 Å². The Balaban J connectivity index is 2.42. The van der Waals surface area contributed by atoms with Crippen molar-refractivity contribution in [2.75, 3.05) is 0 Å². The topological polar surface area (TPSA) is 0 Å². The SMILES string of the molecule is B=C/C=B\C(=B)C1CCCCCCC1. The van der Waals surface area contributed by atoms with Crippen molar-refractivity contribution in [1.29, 1.82) is 0 Å². The van der Waals surface area contributed by atoms with E-state index in [0.29, 0.717) is 0 Å². The fraction of sp³-hybridized carbons (Fsp3) is 0.727. The van der Waals surface area contributed by atoms with E-state index in [1.165, 1.54) is 50.3 Å². The molecule has 3 heteroatoms. The molecule has 0 amide bonds. The average molecular weight is 184 g/mol. The van der Waals surface area contributed by atoms with Crippen molar-refractivity contribution in [2.24, 2.45) is 5.92 Å². The Kier molecular flexibility index (Phi) is 6.06. The third-order valence-corrected chi connectivity index (χ3v) is 3.08. The van der Waals surface area contributed by atoms with Gasteiger partial charge >= 0.3 is 90.1 Å². The third-order valence-electron chi connectivity index (χ3n) is 3.08. The zero-order chi connectivity index (χ0) is 10.2. The predicted octanol–water partition coefficient (Wildman–Crippen LogP) is 0.587. The molecule has 0 aromatic heterocycles. The van der Waals surface area contributed by atoms with Gasteiger partial charge in [0.1, 0.15) is 0 Å². The molecule has 0 saturated heterocycles. The van der Waals surface area contributed by atoms with E-state index < -0.39 is 0 Å². The first-order chi connectivity index (χ1) is 6.84. The van der Waals surface area contributed by atoms with E-state index in [9.17, 15) is 0 Å². The van der Waals surface area contributed by atoms with Gasteiger partial charge in [0, 0.05) is 0 Å². The summed E-state index contributed by atoms with van der Waals surface area (Å²) in [5, 5.41) is 1.30. The second-order valence-electron chi connectivity index (χ2n) is 4.21. The van der Waals surface area contributed by atoms with Crippen LogP contribution in [0.15, 0.2) is 0 Å². The van der Waals surface area contributed by atoms with Gasteiger partial charge in [-0.1, -0.05) is 0 Å². The first-order valence-electron chi connectivity index (χ1n) is 5.82. The molecule has 0 aromatic carbocycles. The normalized spacial score (nSPS) is 19.6. The summed E-state index contributed by atoms with van der Waals surface area (Å²) < 4.78 is 0. The van der Waals surface area contributed by atoms with Crippen LogP contribution >= 0.6 is 0 Å². The van der Waals surface area contributed by atoms with E-state index >= 15 is 0 Å². The van der Waals surface area contributed by atoms with Crippen molar-refractivity contribution in [3.63, 3.8) is 0 Å². The molecule has 0 nitrogen and oxygen atoms in total. The average Bonchev–Trinajstić information content (AvgIpc) is 2.13. The molecule has 0 radical (unpaired) electrons. The third kappa shape index (κ3) is 4.35. The van der Waals surface area contributed by atoms with Gasteiger partial charge in [-0.3, -0.25) is 0 Å². The molecule has 1 saturated carbocycles. The van der Waals surface area contributed by atoms with Gasteiger partial charge in [0.2, 0.25) is 0 Å². The Hall–Kier alpha value is -0.195. The quantitative estimate of drug-likeness (QED) is 0.562. The van der Waals surface area contributed by atoms with Crippen LogP contribution in [0.2, 0.25) is 0 Å². The zero-order valence-corrected chi connectivity index (χ0v) is 9.17. The molecule has 72 valence electrons. The standard InChI is InChI=1S/C11H19B3/c12-8-9-14-11(13)10-6-4-2-1-3-5-7-10/h8-10,12-13H,1-7H2. The second kappa shape index (κ2) is 7.14. The van der Waals surface area contributed by atoms with Gasteiger partial charge in [-0.05, 0) is 0 Å². The Labute approximate surface area is 90.5 Å². The first kappa shape index (κ1) is 11.9. The summed E-state index contributed by atoms with van der Waals surface area (Å²) in [6, 6.07) is 0. The van der Waals surface area contributed by atoms with Crippen molar-refractivity contribution in [1.82, 2.24) is 0 Å². The fourth-order valence-corrected chi connectivity index (χ4v) is 2.15. The summed E-state index contributed by atoms with van der Waals surface area (Å²) in [6.45, 7) is 2.12. The van der Waals surface area contributed by atoms with Crippen LogP contribution in [-0.4, -0.2) is 39.2 Å². The van der Waals surface area contributed by atoms with E-state index in [2.05, 4.69) is 21.9 Å². The predicted molar refractivity (Wildman–Crippen MR) is 73.0 cm³/mol. The molecule has 14 heavy (non-hydrogen) atoms. The molecule has 0 aliphatic heterocycles. The molecule has 0 unspecified atom stereocenters. The van der Waals surface area contributed by atoms with Crippen LogP contribution in [0, 0.1) is 5.92 Å². The van der Waals surface area contributed by atoms with Crippen LogP contribution in [-0.2, 0) is 0 Å². The van der Waals surface area contributed by atoms with Crippen LogP contribution in [0.3, 0.4) is 0 Å². The number of hydrogen-bond acceptors (Lipinski definition) is 0. The Bertz CT molecular complexity index is 213. The van der Waals surface area contributed by atoms with Crippen LogP contribution in [0.1, 0.15) is 44.9 Å². The van der Waals surface area contributed by atoms with Gasteiger partial charge in [-0.2, -0.15) is 0 Å². The second-order valence-corrected chi connectivity index (χ2v) is 4.21. The van der Waals surface area contributed by atoms with Gasteiger partial charge in [-0.25, -0.2) is 0 Å². The first-order valence-corrected chi connectivity index (χ1v) is 5.82. The maximum absolute atomic E-state index is 4.15. The maximum atomic E-state index is 4.15. The Morgan fingerprint density at radius 3 is 2.21 bits per heavy atom. The summed E-state index contributed by atoms with van der Waals surface area (Å²) in [5.74, 6) is 4.56. The van der Waals surface area contributed by atoms with E-state index in [1.54, 1.807) is 0 Å². The number of hydrogen-bond donors (Lipinski definition) is 0. The molecule has 0 atom stereocenters. The molecular weight excluding hydrogens is 165 g/mol. The summed E-state index contributed by atoms with van der Waals surface area (Å²) in [7, 11) is 7.84. The van der Waals surface area contributed by atoms with Gasteiger partial charge in [-0.15, -0.1) is 0 Å². The van der Waals surface area contributed by atoms with Crippen molar-refractivity contribution in [3.8, 4) is 0 Å². The van der Waals surface area contributed by atoms with E-state index in [-0.39, 0.29) is 0 Å². The molecule has 1 aliphatic rings. The molecule has 0 heterocycles. The van der Waals surface area contributed by atoms with E-state index in [4.69, 9.17) is 0 Å². The van der Waals surface area contributed by atoms with Crippen LogP contribution in [0.5, 0.6) is 0 Å². The summed E-state index contributed by atoms with van der Waals surface area (Å²) >= 11 is 0. The molecule has 1 fully saturated rings. The molecule has 0 spiro atoms. The van der Waals surface area contributed by atoms with Gasteiger partial charge in [0.15, 0.2) is 0 Å². The summed E-state index contributed by atoms with van der Waals surface area (Å²) in [5.41, 5.74) is 0. The zero-order valence-electron chi connectivity index (χ0n) is 9.17. The monoisotopic (exact) mass is 184 g/mol. The van der Waals surface area contributed by atoms with Gasteiger partial charge in [0.25, 0.3) is 0 Å². The molecule has 0 N–H and O–H groups in total. The van der Waals surface area contributed by atoms with E-state index in [1.807, 2.05) is 11.9 Å². The van der Waals surface area contributed by atoms with Crippen LogP contribution in [0.25, 0.3) is 0 Å². The Morgan fingerprint density at radius 2 is 1.64 bits per heavy atom. The minimum absolute atomic E-state index is 0.728. The van der Waals surface area contributed by atoms with Crippen molar-refractivity contribution in [3.05, 3.63) is 0 Å². The van der Waals surface area contributed by atoms with Crippen LogP contribution in [0.4, 0.5) is 0 Å². The molecular formula is C11H19B3. The number of rotatable bonds is 3. The molecule has 0 bridgehead atoms. The Morgan fingerprint density at radius 1 is 1.07 bits per heavy atom. The molecule has 1 rings (SSSR count). The molecule has 1 aliphatic carbocycles. The van der Waals surface area contributed by atoms with Gasteiger partial charge < -0.3 is 0 Å². The van der Waals surface area contributed by atoms with Crippen molar-refractivity contribution < 1.29 is 0 Å². The van der Waals surface area contributed by atoms with Crippen LogP contribution < -0.4 is 0 Å². The minimum atomic E-state index is 0.728. The summed E-state index contributed by atoms with van der Waals surface area (Å²) in [6.07, 6.45) is 9.68.